The van der Waals surface area contributed by atoms with Gasteiger partial charge in [-0.05, 0) is 23.6 Å². The second kappa shape index (κ2) is 4.89. The van der Waals surface area contributed by atoms with E-state index < -0.39 is 0 Å². The van der Waals surface area contributed by atoms with Gasteiger partial charge in [-0.15, -0.1) is 23.1 Å². The number of rotatable bonds is 2. The zero-order chi connectivity index (χ0) is 14.4. The Morgan fingerprint density at radius 3 is 2.57 bits per heavy atom. The Morgan fingerprint density at radius 2 is 1.86 bits per heavy atom. The average molecular weight is 316 g/mol. The number of fused-ring (bicyclic) bond motifs is 1. The van der Waals surface area contributed by atoms with Crippen molar-refractivity contribution in [3.63, 3.8) is 0 Å². The normalized spacial score (nSPS) is 24.8. The third kappa shape index (κ3) is 1.90. The third-order valence-electron chi connectivity index (χ3n) is 3.72. The van der Waals surface area contributed by atoms with Gasteiger partial charge in [-0.25, -0.2) is 9.69 Å². The van der Waals surface area contributed by atoms with E-state index in [1.807, 2.05) is 35.7 Å². The first-order chi connectivity index (χ1) is 10.3. The van der Waals surface area contributed by atoms with E-state index in [1.165, 1.54) is 4.90 Å². The molecule has 2 fully saturated rings. The van der Waals surface area contributed by atoms with Crippen LogP contribution in [0.25, 0.3) is 0 Å². The van der Waals surface area contributed by atoms with Crippen molar-refractivity contribution in [1.82, 2.24) is 4.90 Å². The first-order valence-electron chi connectivity index (χ1n) is 6.63. The molecule has 0 aliphatic carbocycles. The molecule has 2 aromatic rings. The molecule has 3 amide bonds. The topological polar surface area (TPSA) is 40.6 Å². The molecule has 6 heteroatoms. The predicted molar refractivity (Wildman–Crippen MR) is 84.5 cm³/mol. The number of thiophene rings is 1. The number of urea groups is 1. The minimum absolute atomic E-state index is 0.0415. The number of amides is 3. The van der Waals surface area contributed by atoms with Crippen molar-refractivity contribution in [2.45, 2.75) is 11.4 Å². The van der Waals surface area contributed by atoms with Crippen LogP contribution in [0.5, 0.6) is 0 Å². The van der Waals surface area contributed by atoms with Crippen LogP contribution in [0, 0.1) is 0 Å². The zero-order valence-corrected chi connectivity index (χ0v) is 12.6. The summed E-state index contributed by atoms with van der Waals surface area (Å²) < 4.78 is 0. The molecule has 0 N–H and O–H groups in total. The highest BCUT2D eigenvalue weighted by atomic mass is 32.2. The van der Waals surface area contributed by atoms with Gasteiger partial charge in [-0.1, -0.05) is 24.3 Å². The summed E-state index contributed by atoms with van der Waals surface area (Å²) in [6, 6.07) is 12.6. The molecule has 1 aromatic carbocycles. The maximum absolute atomic E-state index is 12.7. The monoisotopic (exact) mass is 316 g/mol. The number of nitrogens with zero attached hydrogens (tertiary/aromatic N) is 2. The molecule has 0 spiro atoms. The minimum atomic E-state index is -0.338. The van der Waals surface area contributed by atoms with Crippen LogP contribution < -0.4 is 4.90 Å². The lowest BCUT2D eigenvalue weighted by Gasteiger charge is -2.21. The second-order valence-corrected chi connectivity index (χ2v) is 7.01. The Balaban J connectivity index is 1.71. The Hall–Kier alpha value is -1.79. The Labute approximate surface area is 130 Å². The Kier molecular flexibility index (Phi) is 3.01. The summed E-state index contributed by atoms with van der Waals surface area (Å²) in [6.45, 7) is 0. The summed E-state index contributed by atoms with van der Waals surface area (Å²) in [4.78, 5) is 29.5. The van der Waals surface area contributed by atoms with Gasteiger partial charge in [0.15, 0.2) is 0 Å². The van der Waals surface area contributed by atoms with Crippen LogP contribution in [0.2, 0.25) is 0 Å². The SMILES string of the molecule is O=C1[C@@H]2CS[C@@H](c3cccs3)N2C(=O)N1c1ccccc1. The van der Waals surface area contributed by atoms with Crippen molar-refractivity contribution < 1.29 is 9.59 Å². The van der Waals surface area contributed by atoms with E-state index in [0.29, 0.717) is 11.4 Å². The van der Waals surface area contributed by atoms with Gasteiger partial charge in [0.1, 0.15) is 11.4 Å². The van der Waals surface area contributed by atoms with E-state index in [0.717, 1.165) is 4.88 Å². The molecule has 2 aliphatic rings. The van der Waals surface area contributed by atoms with Crippen LogP contribution in [-0.4, -0.2) is 28.6 Å². The fourth-order valence-electron chi connectivity index (χ4n) is 2.75. The molecular formula is C15H12N2O2S2. The molecule has 0 bridgehead atoms. The first-order valence-corrected chi connectivity index (χ1v) is 8.56. The highest BCUT2D eigenvalue weighted by Crippen LogP contribution is 2.47. The number of anilines is 1. The third-order valence-corrected chi connectivity index (χ3v) is 6.10. The molecule has 0 radical (unpaired) electrons. The van der Waals surface area contributed by atoms with E-state index >= 15 is 0 Å². The van der Waals surface area contributed by atoms with Crippen molar-refractivity contribution in [3.05, 3.63) is 52.7 Å². The molecule has 1 aromatic heterocycles. The molecule has 0 unspecified atom stereocenters. The standard InChI is InChI=1S/C15H12N2O2S2/c18-13-11-9-21-14(12-7-4-8-20-12)17(11)15(19)16(13)10-5-2-1-3-6-10/h1-8,11,14H,9H2/t11-,14-/m0/s1. The van der Waals surface area contributed by atoms with Crippen molar-refractivity contribution in [2.24, 2.45) is 0 Å². The minimum Gasteiger partial charge on any atom is -0.294 e. The summed E-state index contributed by atoms with van der Waals surface area (Å²) in [5, 5.41) is 1.96. The van der Waals surface area contributed by atoms with Crippen LogP contribution in [0.3, 0.4) is 0 Å². The molecule has 0 saturated carbocycles. The van der Waals surface area contributed by atoms with Crippen LogP contribution in [0.15, 0.2) is 47.8 Å². The molecule has 2 aliphatic heterocycles. The molecule has 2 atom stereocenters. The van der Waals surface area contributed by atoms with E-state index in [-0.39, 0.29) is 23.4 Å². The molecule has 4 nitrogen and oxygen atoms in total. The van der Waals surface area contributed by atoms with Crippen LogP contribution >= 0.6 is 23.1 Å². The number of carbonyl (C=O) groups excluding carboxylic acids is 2. The highest BCUT2D eigenvalue weighted by molar-refractivity contribution is 7.99. The van der Waals surface area contributed by atoms with Crippen molar-refractivity contribution in [1.29, 1.82) is 0 Å². The summed E-state index contributed by atoms with van der Waals surface area (Å²) in [7, 11) is 0. The van der Waals surface area contributed by atoms with Gasteiger partial charge in [0.05, 0.1) is 5.69 Å². The molecule has 106 valence electrons. The number of carbonyl (C=O) groups is 2. The van der Waals surface area contributed by atoms with Crippen molar-refractivity contribution in [3.8, 4) is 0 Å². The Morgan fingerprint density at radius 1 is 1.05 bits per heavy atom. The van der Waals surface area contributed by atoms with E-state index in [9.17, 15) is 9.59 Å². The van der Waals surface area contributed by atoms with Gasteiger partial charge in [0.2, 0.25) is 0 Å². The number of hydrogen-bond donors (Lipinski definition) is 0. The number of thioether (sulfide) groups is 1. The van der Waals surface area contributed by atoms with Gasteiger partial charge in [0.25, 0.3) is 5.91 Å². The maximum atomic E-state index is 12.7. The summed E-state index contributed by atoms with van der Waals surface area (Å²) in [6.07, 6.45) is 0. The lowest BCUT2D eigenvalue weighted by molar-refractivity contribution is -0.119. The van der Waals surface area contributed by atoms with Gasteiger partial charge in [-0.3, -0.25) is 9.69 Å². The quantitative estimate of drug-likeness (QED) is 0.798. The van der Waals surface area contributed by atoms with E-state index in [1.54, 1.807) is 40.1 Å². The molecule has 4 rings (SSSR count). The van der Waals surface area contributed by atoms with Crippen LogP contribution in [-0.2, 0) is 4.79 Å². The highest BCUT2D eigenvalue weighted by Gasteiger charge is 2.53. The van der Waals surface area contributed by atoms with Crippen LogP contribution in [0.4, 0.5) is 10.5 Å². The summed E-state index contributed by atoms with van der Waals surface area (Å²) >= 11 is 3.29. The van der Waals surface area contributed by atoms with Gasteiger partial charge >= 0.3 is 6.03 Å². The number of para-hydroxylation sites is 1. The molecule has 3 heterocycles. The Bertz CT molecular complexity index is 687. The summed E-state index contributed by atoms with van der Waals surface area (Å²) in [5.74, 6) is 0.550. The second-order valence-electron chi connectivity index (χ2n) is 4.92. The molecule has 2 saturated heterocycles. The van der Waals surface area contributed by atoms with E-state index in [2.05, 4.69) is 0 Å². The maximum Gasteiger partial charge on any atom is 0.333 e. The fraction of sp³-hybridized carbons (Fsp3) is 0.200. The molecule has 21 heavy (non-hydrogen) atoms. The van der Waals surface area contributed by atoms with E-state index in [4.69, 9.17) is 0 Å². The number of imide groups is 1. The van der Waals surface area contributed by atoms with Crippen LogP contribution in [0.1, 0.15) is 10.3 Å². The molecular weight excluding hydrogens is 304 g/mol. The number of benzene rings is 1. The fourth-order valence-corrected chi connectivity index (χ4v) is 5.14. The largest absolute Gasteiger partial charge is 0.333 e. The lowest BCUT2D eigenvalue weighted by Crippen LogP contribution is -2.33. The predicted octanol–water partition coefficient (Wildman–Crippen LogP) is 3.33. The number of hydrogen-bond acceptors (Lipinski definition) is 4. The van der Waals surface area contributed by atoms with Crippen molar-refractivity contribution >= 4 is 40.7 Å². The lowest BCUT2D eigenvalue weighted by atomic mass is 10.2. The van der Waals surface area contributed by atoms with Gasteiger partial charge < -0.3 is 0 Å². The average Bonchev–Trinajstić information content (AvgIpc) is 3.20. The van der Waals surface area contributed by atoms with Gasteiger partial charge in [0, 0.05) is 10.6 Å². The van der Waals surface area contributed by atoms with Crippen molar-refractivity contribution in [2.75, 3.05) is 10.7 Å². The zero-order valence-electron chi connectivity index (χ0n) is 11.0. The summed E-state index contributed by atoms with van der Waals surface area (Å²) in [5.41, 5.74) is 0.650. The van der Waals surface area contributed by atoms with Gasteiger partial charge in [-0.2, -0.15) is 0 Å². The smallest absolute Gasteiger partial charge is 0.294 e. The first kappa shape index (κ1) is 12.9.